The average Bonchev–Trinajstić information content (AvgIpc) is 2.93. The maximum atomic E-state index is 9.40. The third kappa shape index (κ3) is 1.59. The van der Waals surface area contributed by atoms with Crippen LogP contribution in [0, 0.1) is 11.3 Å². The van der Waals surface area contributed by atoms with E-state index in [0.29, 0.717) is 27.4 Å². The van der Waals surface area contributed by atoms with Crippen LogP contribution in [0.25, 0.3) is 16.6 Å². The molecular formula is C14H10ClN5. The van der Waals surface area contributed by atoms with Crippen molar-refractivity contribution in [2.24, 2.45) is 0 Å². The lowest BCUT2D eigenvalue weighted by Gasteiger charge is -2.14. The first-order chi connectivity index (χ1) is 9.65. The number of benzene rings is 1. The summed E-state index contributed by atoms with van der Waals surface area (Å²) in [5.41, 5.74) is 14.8. The molecule has 0 aliphatic heterocycles. The van der Waals surface area contributed by atoms with Gasteiger partial charge in [-0.25, -0.2) is 4.52 Å². The van der Waals surface area contributed by atoms with Crippen LogP contribution in [-0.2, 0) is 0 Å². The number of pyridine rings is 1. The number of rotatable bonds is 1. The molecule has 20 heavy (non-hydrogen) atoms. The molecule has 0 aliphatic rings. The highest BCUT2D eigenvalue weighted by atomic mass is 35.5. The lowest BCUT2D eigenvalue weighted by molar-refractivity contribution is 0.972. The zero-order valence-electron chi connectivity index (χ0n) is 10.3. The van der Waals surface area contributed by atoms with Gasteiger partial charge in [0.15, 0.2) is 0 Å². The van der Waals surface area contributed by atoms with E-state index in [0.717, 1.165) is 0 Å². The highest BCUT2D eigenvalue weighted by Crippen LogP contribution is 2.38. The molecule has 0 saturated carbocycles. The number of hydrogen-bond acceptors (Lipinski definition) is 4. The lowest BCUT2D eigenvalue weighted by Crippen LogP contribution is -2.07. The van der Waals surface area contributed by atoms with Gasteiger partial charge >= 0.3 is 0 Å². The fraction of sp³-hybridized carbons (Fsp3) is 0. The number of anilines is 2. The second-order valence-corrected chi connectivity index (χ2v) is 4.68. The fourth-order valence-electron chi connectivity index (χ4n) is 2.25. The molecule has 2 heterocycles. The third-order valence-corrected chi connectivity index (χ3v) is 3.51. The summed E-state index contributed by atoms with van der Waals surface area (Å²) in [7, 11) is 0. The normalized spacial score (nSPS) is 10.6. The Morgan fingerprint density at radius 1 is 1.20 bits per heavy atom. The van der Waals surface area contributed by atoms with Gasteiger partial charge in [0.1, 0.15) is 17.5 Å². The Kier molecular flexibility index (Phi) is 2.74. The van der Waals surface area contributed by atoms with Gasteiger partial charge in [0.05, 0.1) is 17.4 Å². The van der Waals surface area contributed by atoms with Crippen LogP contribution in [0.5, 0.6) is 0 Å². The second-order valence-electron chi connectivity index (χ2n) is 4.27. The first kappa shape index (κ1) is 12.3. The predicted molar refractivity (Wildman–Crippen MR) is 79.2 cm³/mol. The summed E-state index contributed by atoms with van der Waals surface area (Å²) in [5.74, 6) is 0.247. The standard InChI is InChI=1S/C14H10ClN5/c15-10-4-2-1-3-8(10)12-9(7-16)14(18)20-11(13(12)17)5-6-19-20/h1-6H,17-18H2. The van der Waals surface area contributed by atoms with Gasteiger partial charge in [0.2, 0.25) is 0 Å². The van der Waals surface area contributed by atoms with Crippen molar-refractivity contribution in [1.29, 1.82) is 5.26 Å². The second kappa shape index (κ2) is 4.44. The van der Waals surface area contributed by atoms with E-state index in [1.165, 1.54) is 4.52 Å². The first-order valence-corrected chi connectivity index (χ1v) is 6.22. The number of nitriles is 1. The zero-order valence-corrected chi connectivity index (χ0v) is 11.1. The minimum absolute atomic E-state index is 0.247. The van der Waals surface area contributed by atoms with Gasteiger partial charge in [-0.1, -0.05) is 29.8 Å². The maximum absolute atomic E-state index is 9.40. The Bertz CT molecular complexity index is 860. The van der Waals surface area contributed by atoms with Crippen molar-refractivity contribution in [3.05, 3.63) is 47.1 Å². The van der Waals surface area contributed by atoms with Crippen molar-refractivity contribution in [2.45, 2.75) is 0 Å². The fourth-order valence-corrected chi connectivity index (χ4v) is 2.48. The van der Waals surface area contributed by atoms with Crippen LogP contribution in [0.2, 0.25) is 5.02 Å². The van der Waals surface area contributed by atoms with Crippen LogP contribution >= 0.6 is 11.6 Å². The van der Waals surface area contributed by atoms with Gasteiger partial charge < -0.3 is 11.5 Å². The highest BCUT2D eigenvalue weighted by molar-refractivity contribution is 6.33. The third-order valence-electron chi connectivity index (χ3n) is 3.18. The Balaban J connectivity index is 2.50. The molecule has 0 radical (unpaired) electrons. The number of fused-ring (bicyclic) bond motifs is 1. The molecule has 3 rings (SSSR count). The lowest BCUT2D eigenvalue weighted by atomic mass is 9.98. The highest BCUT2D eigenvalue weighted by Gasteiger charge is 2.19. The van der Waals surface area contributed by atoms with Crippen molar-refractivity contribution in [2.75, 3.05) is 11.5 Å². The minimum atomic E-state index is 0.247. The number of aromatic nitrogens is 2. The van der Waals surface area contributed by atoms with Crippen LogP contribution in [0.15, 0.2) is 36.5 Å². The molecule has 0 unspecified atom stereocenters. The molecular weight excluding hydrogens is 274 g/mol. The van der Waals surface area contributed by atoms with Crippen LogP contribution in [0.3, 0.4) is 0 Å². The van der Waals surface area contributed by atoms with Crippen molar-refractivity contribution in [1.82, 2.24) is 9.61 Å². The quantitative estimate of drug-likeness (QED) is 0.718. The van der Waals surface area contributed by atoms with E-state index in [2.05, 4.69) is 11.2 Å². The van der Waals surface area contributed by atoms with Gasteiger partial charge in [0.25, 0.3) is 0 Å². The molecule has 98 valence electrons. The minimum Gasteiger partial charge on any atom is -0.396 e. The summed E-state index contributed by atoms with van der Waals surface area (Å²) in [6.07, 6.45) is 1.58. The summed E-state index contributed by atoms with van der Waals surface area (Å²) in [6.45, 7) is 0. The van der Waals surface area contributed by atoms with E-state index < -0.39 is 0 Å². The Morgan fingerprint density at radius 3 is 2.65 bits per heavy atom. The van der Waals surface area contributed by atoms with Crippen LogP contribution in [0.4, 0.5) is 11.5 Å². The molecule has 0 fully saturated rings. The van der Waals surface area contributed by atoms with E-state index in [1.807, 2.05) is 12.1 Å². The van der Waals surface area contributed by atoms with E-state index in [9.17, 15) is 5.26 Å². The van der Waals surface area contributed by atoms with Gasteiger partial charge in [-0.05, 0) is 12.1 Å². The topological polar surface area (TPSA) is 93.1 Å². The molecule has 2 aromatic heterocycles. The van der Waals surface area contributed by atoms with Crippen LogP contribution in [-0.4, -0.2) is 9.61 Å². The van der Waals surface area contributed by atoms with Crippen molar-refractivity contribution in [3.8, 4) is 17.2 Å². The van der Waals surface area contributed by atoms with Gasteiger partial charge in [-0.15, -0.1) is 0 Å². The molecule has 0 aliphatic carbocycles. The largest absolute Gasteiger partial charge is 0.396 e. The summed E-state index contributed by atoms with van der Waals surface area (Å²) < 4.78 is 1.45. The van der Waals surface area contributed by atoms with Crippen LogP contribution < -0.4 is 11.5 Å². The summed E-state index contributed by atoms with van der Waals surface area (Å²) in [5, 5.41) is 14.0. The molecule has 0 saturated heterocycles. The van der Waals surface area contributed by atoms with E-state index >= 15 is 0 Å². The molecule has 4 N–H and O–H groups in total. The van der Waals surface area contributed by atoms with E-state index in [4.69, 9.17) is 23.1 Å². The SMILES string of the molecule is N#Cc1c(-c2ccccc2Cl)c(N)c2ccnn2c1N. The van der Waals surface area contributed by atoms with Crippen LogP contribution in [0.1, 0.15) is 5.56 Å². The van der Waals surface area contributed by atoms with Crippen molar-refractivity contribution < 1.29 is 0 Å². The van der Waals surface area contributed by atoms with E-state index in [-0.39, 0.29) is 11.4 Å². The summed E-state index contributed by atoms with van der Waals surface area (Å²) in [6, 6.07) is 11.0. The number of hydrogen-bond donors (Lipinski definition) is 2. The van der Waals surface area contributed by atoms with Gasteiger partial charge in [0, 0.05) is 16.1 Å². The summed E-state index contributed by atoms with van der Waals surface area (Å²) in [4.78, 5) is 0. The molecule has 0 atom stereocenters. The first-order valence-electron chi connectivity index (χ1n) is 5.84. The molecule has 0 amide bonds. The van der Waals surface area contributed by atoms with Gasteiger partial charge in [-0.2, -0.15) is 10.4 Å². The predicted octanol–water partition coefficient (Wildman–Crippen LogP) is 2.69. The molecule has 1 aromatic carbocycles. The molecule has 5 nitrogen and oxygen atoms in total. The molecule has 6 heteroatoms. The maximum Gasteiger partial charge on any atom is 0.144 e. The zero-order chi connectivity index (χ0) is 14.3. The number of nitrogens with two attached hydrogens (primary N) is 2. The summed E-state index contributed by atoms with van der Waals surface area (Å²) >= 11 is 6.21. The molecule has 0 bridgehead atoms. The van der Waals surface area contributed by atoms with Gasteiger partial charge in [-0.3, -0.25) is 0 Å². The molecule has 3 aromatic rings. The monoisotopic (exact) mass is 283 g/mol. The number of nitrogens with zero attached hydrogens (tertiary/aromatic N) is 3. The smallest absolute Gasteiger partial charge is 0.144 e. The van der Waals surface area contributed by atoms with Crippen molar-refractivity contribution in [3.63, 3.8) is 0 Å². The Hall–Kier alpha value is -2.71. The van der Waals surface area contributed by atoms with Crippen molar-refractivity contribution >= 4 is 28.6 Å². The Labute approximate surface area is 120 Å². The Morgan fingerprint density at radius 2 is 1.95 bits per heavy atom. The van der Waals surface area contributed by atoms with E-state index in [1.54, 1.807) is 24.4 Å². The molecule has 0 spiro atoms. The number of nitrogen functional groups attached to an aromatic ring is 2. The average molecular weight is 284 g/mol. The number of halogens is 1.